The normalized spacial score (nSPS) is 11.3. The zero-order valence-corrected chi connectivity index (χ0v) is 14.5. The minimum Gasteiger partial charge on any atom is -0.497 e. The van der Waals surface area contributed by atoms with Crippen LogP contribution in [-0.4, -0.2) is 13.6 Å². The van der Waals surface area contributed by atoms with Gasteiger partial charge in [-0.25, -0.2) is 0 Å². The fraction of sp³-hybridized carbons (Fsp3) is 0.500. The first-order valence-corrected chi connectivity index (χ1v) is 5.74. The average molecular weight is 284 g/mol. The number of benzene rings is 1. The second-order valence-electron chi connectivity index (χ2n) is 4.65. The molecule has 6 heteroatoms. The van der Waals surface area contributed by atoms with E-state index in [-0.39, 0.29) is 57.1 Å². The van der Waals surface area contributed by atoms with E-state index in [9.17, 15) is 12.9 Å². The molecule has 0 radical (unpaired) electrons. The molecule has 0 N–H and O–H groups in total. The van der Waals surface area contributed by atoms with Gasteiger partial charge in [-0.2, -0.15) is 0 Å². The van der Waals surface area contributed by atoms with Crippen molar-refractivity contribution in [2.24, 2.45) is 5.92 Å². The van der Waals surface area contributed by atoms with Gasteiger partial charge in [0.2, 0.25) is 0 Å². The molecule has 1 aromatic rings. The summed E-state index contributed by atoms with van der Waals surface area (Å²) in [6, 6.07) is 4.18. The Bertz CT molecular complexity index is 380. The first kappa shape index (κ1) is 18.5. The van der Waals surface area contributed by atoms with E-state index in [1.165, 1.54) is 6.07 Å². The van der Waals surface area contributed by atoms with Gasteiger partial charge < -0.3 is 17.7 Å². The van der Waals surface area contributed by atoms with Gasteiger partial charge in [0, 0.05) is 0 Å². The molecule has 0 spiro atoms. The summed E-state index contributed by atoms with van der Waals surface area (Å²) in [6.07, 6.45) is 0.748. The summed E-state index contributed by atoms with van der Waals surface area (Å²) in [6.45, 7) is 0.961. The van der Waals surface area contributed by atoms with Crippen LogP contribution >= 0.6 is 0 Å². The summed E-state index contributed by atoms with van der Waals surface area (Å²) < 4.78 is 43.6. The third-order valence-electron chi connectivity index (χ3n) is 2.47. The van der Waals surface area contributed by atoms with Crippen molar-refractivity contribution in [2.75, 3.05) is 6.61 Å². The molecule has 0 saturated heterocycles. The van der Waals surface area contributed by atoms with Crippen LogP contribution in [0.15, 0.2) is 18.2 Å². The number of hydrogen-bond acceptors (Lipinski definition) is 1. The Morgan fingerprint density at radius 1 is 1.22 bits per heavy atom. The van der Waals surface area contributed by atoms with Gasteiger partial charge >= 0.3 is 58.4 Å². The molecule has 0 aliphatic heterocycles. The van der Waals surface area contributed by atoms with Gasteiger partial charge in [-0.3, -0.25) is 0 Å². The Labute approximate surface area is 149 Å². The number of aryl methyl sites for hydroxylation is 1. The Hall–Kier alpha value is 0.511. The van der Waals surface area contributed by atoms with Gasteiger partial charge in [0.15, 0.2) is 0 Å². The topological polar surface area (TPSA) is 9.23 Å². The molecule has 18 heavy (non-hydrogen) atoms. The first-order chi connectivity index (χ1) is 7.80. The van der Waals surface area contributed by atoms with Gasteiger partial charge in [0.1, 0.15) is 0 Å². The Morgan fingerprint density at radius 2 is 1.83 bits per heavy atom. The first-order valence-electron chi connectivity index (χ1n) is 5.74. The molecule has 0 bridgehead atoms. The van der Waals surface area contributed by atoms with Crippen LogP contribution in [0, 0.1) is 12.8 Å². The maximum Gasteiger partial charge on any atom is 1.00 e. The molecule has 0 amide bonds. The molecule has 1 nitrogen and oxygen atoms in total. The van der Waals surface area contributed by atoms with Gasteiger partial charge in [-0.15, -0.1) is 0 Å². The summed E-state index contributed by atoms with van der Waals surface area (Å²) >= 11 is 0. The van der Waals surface area contributed by atoms with Crippen LogP contribution < -0.4 is 61.6 Å². The molecular weight excluding hydrogens is 267 g/mol. The number of halogens is 3. The van der Waals surface area contributed by atoms with Crippen molar-refractivity contribution < 1.29 is 69.1 Å². The van der Waals surface area contributed by atoms with Crippen molar-refractivity contribution in [3.8, 4) is 5.75 Å². The Kier molecular flexibility index (Phi) is 8.17. The predicted octanol–water partition coefficient (Wildman–Crippen LogP) is 0.478. The molecule has 0 unspecified atom stereocenters. The van der Waals surface area contributed by atoms with Crippen molar-refractivity contribution in [1.82, 2.24) is 0 Å². The van der Waals surface area contributed by atoms with Gasteiger partial charge in [-0.05, 0) is 25.3 Å². The molecule has 0 heterocycles. The van der Waals surface area contributed by atoms with Crippen molar-refractivity contribution in [3.63, 3.8) is 0 Å². The molecule has 0 fully saturated rings. The minimum absolute atomic E-state index is 0. The maximum absolute atomic E-state index is 12.8. The number of ether oxygens (including phenoxy) is 1. The zero-order chi connectivity index (χ0) is 13.1. The summed E-state index contributed by atoms with van der Waals surface area (Å²) in [5, 5.41) is 0. The molecule has 0 aliphatic rings. The van der Waals surface area contributed by atoms with Crippen LogP contribution in [0.2, 0.25) is 0 Å². The van der Waals surface area contributed by atoms with E-state index < -0.39 is 12.4 Å². The second-order valence-corrected chi connectivity index (χ2v) is 4.65. The quantitative estimate of drug-likeness (QED) is 0.715. The number of rotatable bonds is 5. The van der Waals surface area contributed by atoms with Crippen LogP contribution in [0.5, 0.6) is 5.75 Å². The third kappa shape index (κ3) is 6.10. The Morgan fingerprint density at radius 3 is 2.33 bits per heavy atom. The van der Waals surface area contributed by atoms with Crippen LogP contribution in [-0.2, 0) is 0 Å². The van der Waals surface area contributed by atoms with E-state index in [4.69, 9.17) is 4.74 Å². The average Bonchev–Trinajstić information content (AvgIpc) is 2.18. The number of hydrogen-bond donors (Lipinski definition) is 0. The molecule has 0 atom stereocenters. The molecule has 0 saturated carbocycles. The smallest absolute Gasteiger partial charge is 0.497 e. The van der Waals surface area contributed by atoms with E-state index in [2.05, 4.69) is 0 Å². The van der Waals surface area contributed by atoms with Gasteiger partial charge in [0.05, 0.1) is 12.4 Å². The van der Waals surface area contributed by atoms with E-state index in [0.717, 1.165) is 12.5 Å². The fourth-order valence-corrected chi connectivity index (χ4v) is 1.46. The standard InChI is InChI=1S/C12H17BF3O.K/c1-9(2)6-7-17-12-5-4-10(3)8-11(12)13(14,15)16;/h4-5,8-9H,6-7H2,1-3H3;/q-1;+1. The van der Waals surface area contributed by atoms with Gasteiger partial charge in [-0.1, -0.05) is 37.0 Å². The summed E-state index contributed by atoms with van der Waals surface area (Å²) in [5.74, 6) is 0.365. The third-order valence-corrected chi connectivity index (χ3v) is 2.47. The minimum atomic E-state index is -5.01. The maximum atomic E-state index is 12.8. The van der Waals surface area contributed by atoms with Crippen molar-refractivity contribution in [1.29, 1.82) is 0 Å². The van der Waals surface area contributed by atoms with E-state index in [0.29, 0.717) is 18.1 Å². The molecule has 96 valence electrons. The SMILES string of the molecule is Cc1ccc(OCCC(C)C)c([B-](F)(F)F)c1.[K+]. The Balaban J connectivity index is 0.00000289. The second kappa shape index (κ2) is 7.95. The predicted molar refractivity (Wildman–Crippen MR) is 64.8 cm³/mol. The van der Waals surface area contributed by atoms with E-state index in [1.54, 1.807) is 13.0 Å². The molecule has 0 aromatic heterocycles. The molecular formula is C12H17BF3KO. The summed E-state index contributed by atoms with van der Waals surface area (Å²) in [7, 11) is 0. The van der Waals surface area contributed by atoms with E-state index in [1.807, 2.05) is 13.8 Å². The molecule has 0 aliphatic carbocycles. The van der Waals surface area contributed by atoms with Gasteiger partial charge in [0.25, 0.3) is 0 Å². The van der Waals surface area contributed by atoms with Crippen LogP contribution in [0.4, 0.5) is 12.9 Å². The van der Waals surface area contributed by atoms with Crippen LogP contribution in [0.25, 0.3) is 0 Å². The fourth-order valence-electron chi connectivity index (χ4n) is 1.46. The van der Waals surface area contributed by atoms with Crippen LogP contribution in [0.1, 0.15) is 25.8 Å². The molecule has 1 aromatic carbocycles. The largest absolute Gasteiger partial charge is 1.00 e. The van der Waals surface area contributed by atoms with Crippen LogP contribution in [0.3, 0.4) is 0 Å². The monoisotopic (exact) mass is 284 g/mol. The van der Waals surface area contributed by atoms with Crippen molar-refractivity contribution in [2.45, 2.75) is 27.2 Å². The van der Waals surface area contributed by atoms with E-state index >= 15 is 0 Å². The van der Waals surface area contributed by atoms with Crippen molar-refractivity contribution >= 4 is 12.4 Å². The zero-order valence-electron chi connectivity index (χ0n) is 11.3. The molecule has 1 rings (SSSR count). The summed E-state index contributed by atoms with van der Waals surface area (Å²) in [4.78, 5) is 0. The summed E-state index contributed by atoms with van der Waals surface area (Å²) in [5.41, 5.74) is -0.0378. The van der Waals surface area contributed by atoms with Crippen molar-refractivity contribution in [3.05, 3.63) is 23.8 Å².